The molecule has 7 N–H and O–H groups in total. The molecule has 1 unspecified atom stereocenters. The third-order valence-electron chi connectivity index (χ3n) is 14.5. The van der Waals surface area contributed by atoms with E-state index in [0.717, 1.165) is 52.8 Å². The number of ether oxygens (including phenoxy) is 1. The first-order valence-electron chi connectivity index (χ1n) is 26.6. The average Bonchev–Trinajstić information content (AvgIpc) is 4.08. The summed E-state index contributed by atoms with van der Waals surface area (Å²) in [5.41, 5.74) is 4.98. The van der Waals surface area contributed by atoms with E-state index in [-0.39, 0.29) is 69.8 Å². The van der Waals surface area contributed by atoms with Gasteiger partial charge in [0, 0.05) is 25.2 Å². The Morgan fingerprint density at radius 3 is 1.96 bits per heavy atom. The number of amides is 7. The number of aliphatic hydroxyl groups excluding tert-OH is 1. The van der Waals surface area contributed by atoms with Crippen LogP contribution in [0.2, 0.25) is 0 Å². The van der Waals surface area contributed by atoms with Crippen LogP contribution in [0, 0.1) is 5.92 Å². The van der Waals surface area contributed by atoms with Crippen molar-refractivity contribution in [2.24, 2.45) is 5.92 Å². The van der Waals surface area contributed by atoms with Gasteiger partial charge < -0.3 is 51.3 Å². The van der Waals surface area contributed by atoms with Crippen molar-refractivity contribution in [3.8, 4) is 33.8 Å². The second-order valence-electron chi connectivity index (χ2n) is 20.2. The van der Waals surface area contributed by atoms with E-state index in [1.165, 1.54) is 28.9 Å². The van der Waals surface area contributed by atoms with E-state index < -0.39 is 83.7 Å². The molecule has 400 valence electrons. The Bertz CT molecular complexity index is 2610. The van der Waals surface area contributed by atoms with Gasteiger partial charge in [0.2, 0.25) is 35.4 Å². The fourth-order valence-electron chi connectivity index (χ4n) is 10.1. The van der Waals surface area contributed by atoms with E-state index in [4.69, 9.17) is 4.74 Å². The van der Waals surface area contributed by atoms with Crippen LogP contribution < -0.4 is 31.3 Å². The highest BCUT2D eigenvalue weighted by Crippen LogP contribution is 2.28. The number of fused-ring (bicyclic) bond motifs is 2. The van der Waals surface area contributed by atoms with Gasteiger partial charge in [-0.05, 0) is 135 Å². The summed E-state index contributed by atoms with van der Waals surface area (Å²) < 4.78 is 5.87. The van der Waals surface area contributed by atoms with Crippen LogP contribution in [0.15, 0.2) is 97.1 Å². The fraction of sp³-hybridized carbons (Fsp3) is 0.466. The third-order valence-corrected chi connectivity index (χ3v) is 14.5. The molecule has 0 aliphatic carbocycles. The summed E-state index contributed by atoms with van der Waals surface area (Å²) in [5, 5.41) is 34.9. The predicted octanol–water partition coefficient (Wildman–Crippen LogP) is 5.41. The van der Waals surface area contributed by atoms with Crippen molar-refractivity contribution in [3.05, 3.63) is 108 Å². The van der Waals surface area contributed by atoms with Crippen molar-refractivity contribution in [1.29, 1.82) is 0 Å². The Morgan fingerprint density at radius 2 is 1.33 bits per heavy atom. The molecular formula is C58H73N7O10. The molecule has 0 saturated carbocycles. The van der Waals surface area contributed by atoms with Crippen molar-refractivity contribution < 1.29 is 48.5 Å². The van der Waals surface area contributed by atoms with Crippen molar-refractivity contribution >= 4 is 41.4 Å². The zero-order valence-corrected chi connectivity index (χ0v) is 43.5. The molecule has 3 aliphatic heterocycles. The predicted molar refractivity (Wildman–Crippen MR) is 284 cm³/mol. The minimum atomic E-state index is -1.46. The van der Waals surface area contributed by atoms with Crippen LogP contribution in [-0.2, 0) is 35.2 Å². The number of unbranched alkanes of at least 4 members (excludes halogenated alkanes) is 2. The van der Waals surface area contributed by atoms with Crippen LogP contribution in [0.1, 0.15) is 108 Å². The van der Waals surface area contributed by atoms with Crippen LogP contribution in [-0.4, -0.2) is 130 Å². The number of benzene rings is 4. The Morgan fingerprint density at radius 1 is 0.707 bits per heavy atom. The Balaban J connectivity index is 1.08. The smallest absolute Gasteiger partial charge is 0.251 e. The van der Waals surface area contributed by atoms with E-state index in [1.807, 2.05) is 67.6 Å². The highest BCUT2D eigenvalue weighted by atomic mass is 16.5. The summed E-state index contributed by atoms with van der Waals surface area (Å²) in [6, 6.07) is 22.7. The number of carbonyl (C=O) groups excluding carboxylic acids is 7. The van der Waals surface area contributed by atoms with Gasteiger partial charge in [0.05, 0.1) is 12.7 Å². The summed E-state index contributed by atoms with van der Waals surface area (Å²) >= 11 is 0. The molecule has 7 rings (SSSR count). The molecule has 3 aliphatic rings. The summed E-state index contributed by atoms with van der Waals surface area (Å²) in [6.45, 7) is 8.33. The van der Waals surface area contributed by atoms with Crippen LogP contribution >= 0.6 is 0 Å². The van der Waals surface area contributed by atoms with Crippen molar-refractivity contribution in [2.45, 2.75) is 141 Å². The highest BCUT2D eigenvalue weighted by molar-refractivity contribution is 6.00. The standard InChI is InChI=1S/C58H73N7O10/c1-5-7-8-33-75-45-28-24-42(25-29-45)40-18-16-39(17-19-40)41-20-22-43(23-21-41)52(68)61-47-11-9-31-59-55(71)50-34-36(3)35-65(50)58(74)51(37(4)66)63-54(70)48(30-15-38-13-26-44(67)27-14-38)62-56(72)49-12-10-32-64(49)57(73)46(6-2)60-53(47)69/h13-14,16-29,36-37,46-51,66-67H,5-12,15,30-35H2,1-4H3,(H,59,71)(H,60,69)(H,61,68)(H,62,72)(H,63,70)/t36-,37-,46+,47+,48+,49+,50+,51?/m1/s1. The lowest BCUT2D eigenvalue weighted by molar-refractivity contribution is -0.144. The monoisotopic (exact) mass is 1030 g/mol. The number of nitrogens with one attached hydrogen (secondary N) is 5. The minimum Gasteiger partial charge on any atom is -0.508 e. The van der Waals surface area contributed by atoms with Crippen molar-refractivity contribution in [3.63, 3.8) is 0 Å². The molecule has 75 heavy (non-hydrogen) atoms. The highest BCUT2D eigenvalue weighted by Gasteiger charge is 2.43. The second kappa shape index (κ2) is 26.3. The summed E-state index contributed by atoms with van der Waals surface area (Å²) in [6.07, 6.45) is 3.80. The topological polar surface area (TPSA) is 236 Å². The molecule has 17 heteroatoms. The number of carbonyl (C=O) groups is 7. The van der Waals surface area contributed by atoms with E-state index in [0.29, 0.717) is 25.0 Å². The number of phenols is 1. The molecule has 8 atom stereocenters. The number of aromatic hydroxyl groups is 1. The van der Waals surface area contributed by atoms with E-state index >= 15 is 0 Å². The minimum absolute atomic E-state index is 0.0550. The maximum absolute atomic E-state index is 14.3. The number of rotatable bonds is 14. The number of aryl methyl sites for hydroxylation is 1. The van der Waals surface area contributed by atoms with E-state index in [9.17, 15) is 43.8 Å². The van der Waals surface area contributed by atoms with E-state index in [2.05, 4.69) is 33.5 Å². The largest absolute Gasteiger partial charge is 0.508 e. The average molecular weight is 1030 g/mol. The first-order valence-corrected chi connectivity index (χ1v) is 26.6. The van der Waals surface area contributed by atoms with Gasteiger partial charge in [-0.2, -0.15) is 0 Å². The molecule has 3 saturated heterocycles. The number of hydrogen-bond donors (Lipinski definition) is 7. The molecule has 4 aromatic carbocycles. The maximum Gasteiger partial charge on any atom is 0.251 e. The van der Waals surface area contributed by atoms with Gasteiger partial charge in [0.1, 0.15) is 47.8 Å². The molecule has 0 radical (unpaired) electrons. The van der Waals surface area contributed by atoms with Gasteiger partial charge >= 0.3 is 0 Å². The summed E-state index contributed by atoms with van der Waals surface area (Å²) in [5.74, 6) is -3.32. The summed E-state index contributed by atoms with van der Waals surface area (Å²) in [7, 11) is 0. The zero-order chi connectivity index (χ0) is 53.6. The second-order valence-corrected chi connectivity index (χ2v) is 20.2. The lowest BCUT2D eigenvalue weighted by atomic mass is 9.99. The van der Waals surface area contributed by atoms with Crippen molar-refractivity contribution in [2.75, 3.05) is 26.2 Å². The van der Waals surface area contributed by atoms with Crippen LogP contribution in [0.4, 0.5) is 0 Å². The number of hydrogen-bond acceptors (Lipinski definition) is 10. The number of aliphatic hydroxyl groups is 1. The SMILES string of the molecule is CCCCCOc1ccc(-c2ccc(-c3ccc(C(=O)N[C@H]4CCCNC(=O)[C@@H]5C[C@@H](C)CN5C(=O)C([C@@H](C)O)NC(=O)[C@H](CCc5ccc(O)cc5)NC(=O)[C@@H]5CCCN5C(=O)[C@H](CC)NC4=O)cc3)cc2)cc1. The normalized spacial score (nSPS) is 23.7. The lowest BCUT2D eigenvalue weighted by Gasteiger charge is -2.32. The Kier molecular flexibility index (Phi) is 19.4. The van der Waals surface area contributed by atoms with Gasteiger partial charge in [0.15, 0.2) is 0 Å². The molecule has 4 aromatic rings. The molecule has 7 amide bonds. The number of nitrogens with zero attached hydrogens (tertiary/aromatic N) is 2. The zero-order valence-electron chi connectivity index (χ0n) is 43.5. The van der Waals surface area contributed by atoms with Gasteiger partial charge in [0.25, 0.3) is 5.91 Å². The third kappa shape index (κ3) is 14.5. The molecule has 0 bridgehead atoms. The Hall–Kier alpha value is -7.27. The first-order chi connectivity index (χ1) is 36.1. The Labute approximate surface area is 439 Å². The van der Waals surface area contributed by atoms with Gasteiger partial charge in [-0.25, -0.2) is 0 Å². The molecular weight excluding hydrogens is 955 g/mol. The van der Waals surface area contributed by atoms with Crippen LogP contribution in [0.25, 0.3) is 22.3 Å². The molecule has 3 fully saturated rings. The quantitative estimate of drug-likeness (QED) is 0.0794. The number of phenolic OH excluding ortho intramolecular Hbond substituents is 1. The summed E-state index contributed by atoms with van der Waals surface area (Å²) in [4.78, 5) is 102. The van der Waals surface area contributed by atoms with Crippen LogP contribution in [0.3, 0.4) is 0 Å². The molecule has 0 spiro atoms. The molecule has 0 aromatic heterocycles. The van der Waals surface area contributed by atoms with E-state index in [1.54, 1.807) is 31.2 Å². The van der Waals surface area contributed by atoms with Crippen LogP contribution in [0.5, 0.6) is 11.5 Å². The van der Waals surface area contributed by atoms with Gasteiger partial charge in [-0.15, -0.1) is 0 Å². The molecule has 3 heterocycles. The lowest BCUT2D eigenvalue weighted by Crippen LogP contribution is -2.61. The van der Waals surface area contributed by atoms with Gasteiger partial charge in [-0.3, -0.25) is 33.6 Å². The first kappa shape index (κ1) is 55.5. The van der Waals surface area contributed by atoms with Gasteiger partial charge in [-0.1, -0.05) is 94.3 Å². The molecule has 17 nitrogen and oxygen atoms in total. The maximum atomic E-state index is 14.3. The fourth-order valence-corrected chi connectivity index (χ4v) is 10.1. The van der Waals surface area contributed by atoms with Crippen molar-refractivity contribution in [1.82, 2.24) is 36.4 Å².